The lowest BCUT2D eigenvalue weighted by Crippen LogP contribution is -2.43. The quantitative estimate of drug-likeness (QED) is 0.378. The first-order valence-corrected chi connectivity index (χ1v) is 9.91. The second kappa shape index (κ2) is 9.96. The summed E-state index contributed by atoms with van der Waals surface area (Å²) >= 11 is 0. The predicted molar refractivity (Wildman–Crippen MR) is 123 cm³/mol. The number of likely N-dealkylation sites (tertiary alicyclic amines) is 1. The number of halogens is 1. The standard InChI is InChI=1S/C21H34N4O.HI/c1-5-22-20(25-14-13-21(16-25)11-8-12-21)23-15-18(24(2)3)17-9-6-7-10-19(17)26-4;/h6-7,9-10,18H,5,8,11-16H2,1-4H3,(H,22,23);1H. The molecule has 1 spiro atoms. The lowest BCUT2D eigenvalue weighted by atomic mass is 9.68. The molecule has 0 bridgehead atoms. The van der Waals surface area contributed by atoms with Gasteiger partial charge in [0.2, 0.25) is 0 Å². The van der Waals surface area contributed by atoms with Crippen LogP contribution in [-0.4, -0.2) is 63.1 Å². The number of hydrogen-bond acceptors (Lipinski definition) is 3. The predicted octanol–water partition coefficient (Wildman–Crippen LogP) is 3.76. The molecule has 2 fully saturated rings. The Kier molecular flexibility index (Phi) is 8.21. The summed E-state index contributed by atoms with van der Waals surface area (Å²) in [5.74, 6) is 2.00. The van der Waals surface area contributed by atoms with Crippen LogP contribution in [0, 0.1) is 5.41 Å². The van der Waals surface area contributed by atoms with E-state index in [4.69, 9.17) is 9.73 Å². The minimum absolute atomic E-state index is 0. The minimum atomic E-state index is 0. The van der Waals surface area contributed by atoms with Crippen molar-refractivity contribution in [2.75, 3.05) is 47.4 Å². The van der Waals surface area contributed by atoms with Crippen LogP contribution in [0.4, 0.5) is 0 Å². The van der Waals surface area contributed by atoms with E-state index in [1.807, 2.05) is 12.1 Å². The lowest BCUT2D eigenvalue weighted by Gasteiger charge is -2.38. The van der Waals surface area contributed by atoms with Crippen LogP contribution in [0.15, 0.2) is 29.3 Å². The maximum atomic E-state index is 5.58. The van der Waals surface area contributed by atoms with Crippen molar-refractivity contribution in [3.8, 4) is 5.75 Å². The molecule has 1 aromatic carbocycles. The van der Waals surface area contributed by atoms with Gasteiger partial charge in [0, 0.05) is 25.2 Å². The Morgan fingerprint density at radius 3 is 2.59 bits per heavy atom. The second-order valence-corrected chi connectivity index (χ2v) is 7.94. The summed E-state index contributed by atoms with van der Waals surface area (Å²) < 4.78 is 5.58. The van der Waals surface area contributed by atoms with Crippen LogP contribution < -0.4 is 10.1 Å². The third-order valence-corrected chi connectivity index (χ3v) is 6.02. The Morgan fingerprint density at radius 2 is 2.04 bits per heavy atom. The Bertz CT molecular complexity index is 630. The van der Waals surface area contributed by atoms with E-state index in [2.05, 4.69) is 48.3 Å². The van der Waals surface area contributed by atoms with Crippen molar-refractivity contribution in [2.45, 2.75) is 38.6 Å². The summed E-state index contributed by atoms with van der Waals surface area (Å²) in [5, 5.41) is 3.51. The molecule has 0 radical (unpaired) electrons. The molecule has 152 valence electrons. The average Bonchev–Trinajstić information content (AvgIpc) is 3.07. The maximum absolute atomic E-state index is 5.58. The smallest absolute Gasteiger partial charge is 0.194 e. The van der Waals surface area contributed by atoms with Gasteiger partial charge < -0.3 is 19.9 Å². The van der Waals surface area contributed by atoms with E-state index in [1.54, 1.807) is 7.11 Å². The van der Waals surface area contributed by atoms with Gasteiger partial charge in [-0.3, -0.25) is 4.99 Å². The Morgan fingerprint density at radius 1 is 1.30 bits per heavy atom. The molecule has 0 amide bonds. The molecule has 1 aliphatic heterocycles. The third-order valence-electron chi connectivity index (χ3n) is 6.02. The normalized spacial score (nSPS) is 19.6. The Hall–Kier alpha value is -1.02. The molecule has 1 N–H and O–H groups in total. The van der Waals surface area contributed by atoms with Gasteiger partial charge in [0.25, 0.3) is 0 Å². The summed E-state index contributed by atoms with van der Waals surface area (Å²) in [6.07, 6.45) is 5.51. The number of para-hydroxylation sites is 1. The minimum Gasteiger partial charge on any atom is -0.496 e. The lowest BCUT2D eigenvalue weighted by molar-refractivity contribution is 0.151. The van der Waals surface area contributed by atoms with Crippen LogP contribution in [0.1, 0.15) is 44.2 Å². The molecular formula is C21H35IN4O. The first-order chi connectivity index (χ1) is 12.6. The molecule has 1 aliphatic carbocycles. The molecule has 1 saturated carbocycles. The van der Waals surface area contributed by atoms with Crippen LogP contribution in [0.5, 0.6) is 5.75 Å². The number of nitrogens with one attached hydrogen (secondary N) is 1. The van der Waals surface area contributed by atoms with Gasteiger partial charge in [-0.15, -0.1) is 24.0 Å². The van der Waals surface area contributed by atoms with E-state index in [9.17, 15) is 0 Å². The van der Waals surface area contributed by atoms with Gasteiger partial charge >= 0.3 is 0 Å². The highest BCUT2D eigenvalue weighted by molar-refractivity contribution is 14.0. The summed E-state index contributed by atoms with van der Waals surface area (Å²) in [6.45, 7) is 6.07. The number of methoxy groups -OCH3 is 1. The van der Waals surface area contributed by atoms with Gasteiger partial charge in [-0.25, -0.2) is 0 Å². The molecule has 1 aromatic rings. The van der Waals surface area contributed by atoms with Crippen LogP contribution in [0.3, 0.4) is 0 Å². The number of benzene rings is 1. The van der Waals surface area contributed by atoms with Gasteiger partial charge in [-0.05, 0) is 51.8 Å². The monoisotopic (exact) mass is 486 g/mol. The van der Waals surface area contributed by atoms with Gasteiger partial charge in [0.05, 0.1) is 19.7 Å². The second-order valence-electron chi connectivity index (χ2n) is 7.94. The maximum Gasteiger partial charge on any atom is 0.194 e. The van der Waals surface area contributed by atoms with E-state index in [0.717, 1.165) is 31.3 Å². The Balaban J connectivity index is 0.00000261. The highest BCUT2D eigenvalue weighted by Gasteiger charge is 2.43. The third kappa shape index (κ3) is 5.08. The summed E-state index contributed by atoms with van der Waals surface area (Å²) in [4.78, 5) is 9.72. The number of guanidine groups is 1. The number of rotatable bonds is 6. The number of aliphatic imine (C=N–C) groups is 1. The topological polar surface area (TPSA) is 40.1 Å². The van der Waals surface area contributed by atoms with Crippen LogP contribution in [-0.2, 0) is 0 Å². The molecule has 6 heteroatoms. The van der Waals surface area contributed by atoms with Crippen LogP contribution in [0.25, 0.3) is 0 Å². The van der Waals surface area contributed by atoms with E-state index < -0.39 is 0 Å². The average molecular weight is 486 g/mol. The van der Waals surface area contributed by atoms with Gasteiger partial charge in [-0.2, -0.15) is 0 Å². The van der Waals surface area contributed by atoms with Crippen molar-refractivity contribution in [1.29, 1.82) is 0 Å². The van der Waals surface area contributed by atoms with Gasteiger partial charge in [-0.1, -0.05) is 24.6 Å². The number of hydrogen-bond donors (Lipinski definition) is 1. The number of ether oxygens (including phenoxy) is 1. The molecule has 0 aromatic heterocycles. The largest absolute Gasteiger partial charge is 0.496 e. The van der Waals surface area contributed by atoms with E-state index in [-0.39, 0.29) is 30.0 Å². The van der Waals surface area contributed by atoms with Crippen LogP contribution in [0.2, 0.25) is 0 Å². The van der Waals surface area contributed by atoms with E-state index in [1.165, 1.54) is 37.8 Å². The first-order valence-electron chi connectivity index (χ1n) is 9.91. The molecule has 1 heterocycles. The summed E-state index contributed by atoms with van der Waals surface area (Å²) in [5.41, 5.74) is 1.77. The van der Waals surface area contributed by atoms with Gasteiger partial charge in [0.15, 0.2) is 5.96 Å². The highest BCUT2D eigenvalue weighted by Crippen LogP contribution is 2.47. The van der Waals surface area contributed by atoms with Crippen molar-refractivity contribution >= 4 is 29.9 Å². The molecule has 1 saturated heterocycles. The summed E-state index contributed by atoms with van der Waals surface area (Å²) in [7, 11) is 5.96. The van der Waals surface area contributed by atoms with Gasteiger partial charge in [0.1, 0.15) is 5.75 Å². The fraction of sp³-hybridized carbons (Fsp3) is 0.667. The van der Waals surface area contributed by atoms with E-state index >= 15 is 0 Å². The number of likely N-dealkylation sites (N-methyl/N-ethyl adjacent to an activating group) is 1. The number of nitrogens with zero attached hydrogens (tertiary/aromatic N) is 3. The van der Waals surface area contributed by atoms with Crippen molar-refractivity contribution in [2.24, 2.45) is 10.4 Å². The zero-order valence-corrected chi connectivity index (χ0v) is 19.5. The van der Waals surface area contributed by atoms with Crippen molar-refractivity contribution in [3.05, 3.63) is 29.8 Å². The van der Waals surface area contributed by atoms with E-state index in [0.29, 0.717) is 5.41 Å². The zero-order chi connectivity index (χ0) is 18.6. The fourth-order valence-corrected chi connectivity index (χ4v) is 4.28. The highest BCUT2D eigenvalue weighted by atomic mass is 127. The molecule has 5 nitrogen and oxygen atoms in total. The molecular weight excluding hydrogens is 451 g/mol. The van der Waals surface area contributed by atoms with Crippen molar-refractivity contribution in [1.82, 2.24) is 15.1 Å². The Labute approximate surface area is 181 Å². The van der Waals surface area contributed by atoms with Crippen molar-refractivity contribution < 1.29 is 4.74 Å². The van der Waals surface area contributed by atoms with Crippen molar-refractivity contribution in [3.63, 3.8) is 0 Å². The molecule has 3 rings (SSSR count). The summed E-state index contributed by atoms with van der Waals surface area (Å²) in [6, 6.07) is 8.46. The van der Waals surface area contributed by atoms with Crippen LogP contribution >= 0.6 is 24.0 Å². The molecule has 1 atom stereocenters. The molecule has 2 aliphatic rings. The SMILES string of the molecule is CCNC(=NCC(c1ccccc1OC)N(C)C)N1CCC2(CCC2)C1.I. The first kappa shape index (κ1) is 22.3. The zero-order valence-electron chi connectivity index (χ0n) is 17.2. The molecule has 1 unspecified atom stereocenters. The fourth-order valence-electron chi connectivity index (χ4n) is 4.28. The molecule has 27 heavy (non-hydrogen) atoms.